The Hall–Kier alpha value is -2.50. The second kappa shape index (κ2) is 10.3. The Labute approximate surface area is 179 Å². The van der Waals surface area contributed by atoms with Crippen molar-refractivity contribution in [1.29, 1.82) is 0 Å². The molecule has 0 fully saturated rings. The maximum Gasteiger partial charge on any atom is 0.416 e. The van der Waals surface area contributed by atoms with Crippen LogP contribution < -0.4 is 20.2 Å². The van der Waals surface area contributed by atoms with E-state index in [2.05, 4.69) is 38.4 Å². The minimum absolute atomic E-state index is 0.185. The van der Waals surface area contributed by atoms with Gasteiger partial charge >= 0.3 is 6.18 Å². The third-order valence-electron chi connectivity index (χ3n) is 3.59. The smallest absolute Gasteiger partial charge is 0.416 e. The molecule has 0 heterocycles. The molecule has 0 atom stereocenters. The molecule has 10 heteroatoms. The molecule has 1 amide bonds. The van der Waals surface area contributed by atoms with E-state index in [1.807, 2.05) is 13.0 Å². The normalized spacial score (nSPS) is 11.4. The van der Waals surface area contributed by atoms with Crippen LogP contribution in [0.5, 0.6) is 11.5 Å². The summed E-state index contributed by atoms with van der Waals surface area (Å²) < 4.78 is 49.8. The number of amides is 1. The van der Waals surface area contributed by atoms with Crippen LogP contribution in [0.3, 0.4) is 0 Å². The molecular weight excluding hydrogens is 502 g/mol. The molecule has 2 aromatic carbocycles. The van der Waals surface area contributed by atoms with Crippen LogP contribution >= 0.6 is 22.6 Å². The minimum Gasteiger partial charge on any atom is -0.493 e. The Kier molecular flexibility index (Phi) is 8.11. The first kappa shape index (κ1) is 22.8. The van der Waals surface area contributed by atoms with Crippen molar-refractivity contribution >= 4 is 40.4 Å². The minimum atomic E-state index is -4.44. The van der Waals surface area contributed by atoms with Crippen molar-refractivity contribution in [3.05, 3.63) is 51.1 Å². The number of methoxy groups -OCH3 is 1. The monoisotopic (exact) mass is 521 g/mol. The maximum atomic E-state index is 12.7. The molecular formula is C19H19F3IN3O3. The van der Waals surface area contributed by atoms with E-state index in [0.29, 0.717) is 23.7 Å². The quantitative estimate of drug-likeness (QED) is 0.309. The highest BCUT2D eigenvalue weighted by atomic mass is 127. The van der Waals surface area contributed by atoms with Gasteiger partial charge in [-0.1, -0.05) is 6.07 Å². The number of benzene rings is 2. The standard InChI is InChI=1S/C19H19F3IN3O3/c1-3-29-18-15(23)7-12(8-16(18)28-2)10-25-26-17(27)11-24-14-6-4-5-13(9-14)19(20,21)22/h4-10,24H,3,11H2,1-2H3,(H,26,27)/b25-10-. The second-order valence-corrected chi connectivity index (χ2v) is 6.85. The topological polar surface area (TPSA) is 72.0 Å². The molecule has 0 aliphatic carbocycles. The summed E-state index contributed by atoms with van der Waals surface area (Å²) in [5.74, 6) is 0.658. The van der Waals surface area contributed by atoms with E-state index in [9.17, 15) is 18.0 Å². The van der Waals surface area contributed by atoms with Crippen molar-refractivity contribution in [2.24, 2.45) is 5.10 Å². The molecule has 29 heavy (non-hydrogen) atoms. The van der Waals surface area contributed by atoms with E-state index < -0.39 is 17.6 Å². The van der Waals surface area contributed by atoms with Crippen molar-refractivity contribution < 1.29 is 27.4 Å². The Morgan fingerprint density at radius 3 is 2.69 bits per heavy atom. The van der Waals surface area contributed by atoms with Gasteiger partial charge in [-0.25, -0.2) is 5.43 Å². The Balaban J connectivity index is 1.94. The lowest BCUT2D eigenvalue weighted by Gasteiger charge is -2.12. The number of rotatable bonds is 8. The van der Waals surface area contributed by atoms with Crippen LogP contribution in [-0.4, -0.2) is 32.4 Å². The van der Waals surface area contributed by atoms with Crippen molar-refractivity contribution in [2.45, 2.75) is 13.1 Å². The van der Waals surface area contributed by atoms with Crippen molar-refractivity contribution in [1.82, 2.24) is 5.43 Å². The average molecular weight is 521 g/mol. The molecule has 0 saturated carbocycles. The van der Waals surface area contributed by atoms with Gasteiger partial charge in [-0.2, -0.15) is 18.3 Å². The number of hydrogen-bond donors (Lipinski definition) is 2. The molecule has 0 unspecified atom stereocenters. The Bertz CT molecular complexity index is 889. The van der Waals surface area contributed by atoms with Crippen LogP contribution in [0.25, 0.3) is 0 Å². The second-order valence-electron chi connectivity index (χ2n) is 5.69. The predicted octanol–water partition coefficient (Wildman–Crippen LogP) is 4.28. The Morgan fingerprint density at radius 1 is 1.28 bits per heavy atom. The Morgan fingerprint density at radius 2 is 2.03 bits per heavy atom. The predicted molar refractivity (Wildman–Crippen MR) is 113 cm³/mol. The first-order chi connectivity index (χ1) is 13.7. The zero-order chi connectivity index (χ0) is 21.4. The van der Waals surface area contributed by atoms with Crippen LogP contribution in [0.1, 0.15) is 18.1 Å². The summed E-state index contributed by atoms with van der Waals surface area (Å²) in [6.45, 7) is 2.13. The largest absolute Gasteiger partial charge is 0.493 e. The van der Waals surface area contributed by atoms with Crippen molar-refractivity contribution in [3.63, 3.8) is 0 Å². The molecule has 0 bridgehead atoms. The highest BCUT2D eigenvalue weighted by Gasteiger charge is 2.30. The number of ether oxygens (including phenoxy) is 2. The van der Waals surface area contributed by atoms with Gasteiger partial charge in [0.05, 0.1) is 35.6 Å². The zero-order valence-electron chi connectivity index (χ0n) is 15.6. The van der Waals surface area contributed by atoms with E-state index >= 15 is 0 Å². The highest BCUT2D eigenvalue weighted by molar-refractivity contribution is 14.1. The van der Waals surface area contributed by atoms with Gasteiger partial charge in [-0.15, -0.1) is 0 Å². The molecule has 0 spiro atoms. The molecule has 6 nitrogen and oxygen atoms in total. The molecule has 0 aromatic heterocycles. The summed E-state index contributed by atoms with van der Waals surface area (Å²) >= 11 is 2.11. The van der Waals surface area contributed by atoms with E-state index in [4.69, 9.17) is 9.47 Å². The molecule has 2 aromatic rings. The third-order valence-corrected chi connectivity index (χ3v) is 4.39. The highest BCUT2D eigenvalue weighted by Crippen LogP contribution is 2.33. The van der Waals surface area contributed by atoms with Crippen LogP contribution in [0, 0.1) is 3.57 Å². The van der Waals surface area contributed by atoms with Crippen LogP contribution in [0.4, 0.5) is 18.9 Å². The van der Waals surface area contributed by atoms with E-state index in [1.54, 1.807) is 6.07 Å². The van der Waals surface area contributed by atoms with E-state index in [-0.39, 0.29) is 12.2 Å². The first-order valence-electron chi connectivity index (χ1n) is 8.48. The van der Waals surface area contributed by atoms with Crippen LogP contribution in [0.2, 0.25) is 0 Å². The van der Waals surface area contributed by atoms with E-state index in [0.717, 1.165) is 15.7 Å². The summed E-state index contributed by atoms with van der Waals surface area (Å²) in [6.07, 6.45) is -3.01. The first-order valence-corrected chi connectivity index (χ1v) is 9.55. The lowest BCUT2D eigenvalue weighted by molar-refractivity contribution is -0.137. The molecule has 2 rings (SSSR count). The van der Waals surface area contributed by atoms with Gasteiger partial charge in [0.15, 0.2) is 11.5 Å². The fraction of sp³-hybridized carbons (Fsp3) is 0.263. The SMILES string of the molecule is CCOc1c(I)cc(/C=N\NC(=O)CNc2cccc(C(F)(F)F)c2)cc1OC. The average Bonchev–Trinajstić information content (AvgIpc) is 2.68. The fourth-order valence-corrected chi connectivity index (χ4v) is 3.09. The summed E-state index contributed by atoms with van der Waals surface area (Å²) in [4.78, 5) is 11.9. The number of alkyl halides is 3. The van der Waals surface area contributed by atoms with Gasteiger partial charge in [-0.05, 0) is 65.4 Å². The lowest BCUT2D eigenvalue weighted by Crippen LogP contribution is -2.26. The molecule has 156 valence electrons. The number of nitrogens with one attached hydrogen (secondary N) is 2. The number of hydrazone groups is 1. The lowest BCUT2D eigenvalue weighted by atomic mass is 10.2. The number of anilines is 1. The molecule has 0 aliphatic rings. The molecule has 0 aliphatic heterocycles. The number of halogens is 4. The van der Waals surface area contributed by atoms with Crippen molar-refractivity contribution in [2.75, 3.05) is 25.6 Å². The van der Waals surface area contributed by atoms with Gasteiger partial charge in [0.2, 0.25) is 0 Å². The van der Waals surface area contributed by atoms with Crippen LogP contribution in [-0.2, 0) is 11.0 Å². The fourth-order valence-electron chi connectivity index (χ4n) is 2.30. The van der Waals surface area contributed by atoms with Crippen molar-refractivity contribution in [3.8, 4) is 11.5 Å². The van der Waals surface area contributed by atoms with E-state index in [1.165, 1.54) is 25.5 Å². The summed E-state index contributed by atoms with van der Waals surface area (Å²) in [6, 6.07) is 8.13. The zero-order valence-corrected chi connectivity index (χ0v) is 17.8. The van der Waals surface area contributed by atoms with Gasteiger partial charge in [-0.3, -0.25) is 4.79 Å². The molecule has 0 radical (unpaired) electrons. The summed E-state index contributed by atoms with van der Waals surface area (Å²) in [5, 5.41) is 6.49. The van der Waals surface area contributed by atoms with Gasteiger partial charge in [0.1, 0.15) is 0 Å². The number of hydrogen-bond acceptors (Lipinski definition) is 5. The number of carbonyl (C=O) groups excluding carboxylic acids is 1. The van der Waals surface area contributed by atoms with Gasteiger partial charge in [0, 0.05) is 5.69 Å². The molecule has 2 N–H and O–H groups in total. The third kappa shape index (κ3) is 6.80. The number of nitrogens with zero attached hydrogens (tertiary/aromatic N) is 1. The summed E-state index contributed by atoms with van der Waals surface area (Å²) in [7, 11) is 1.52. The van der Waals surface area contributed by atoms with Crippen LogP contribution in [0.15, 0.2) is 41.5 Å². The summed E-state index contributed by atoms with van der Waals surface area (Å²) in [5.41, 5.74) is 2.39. The maximum absolute atomic E-state index is 12.7. The molecule has 0 saturated heterocycles. The van der Waals surface area contributed by atoms with Gasteiger partial charge in [0.25, 0.3) is 5.91 Å². The number of carbonyl (C=O) groups is 1. The van der Waals surface area contributed by atoms with Gasteiger partial charge < -0.3 is 14.8 Å².